The van der Waals surface area contributed by atoms with Gasteiger partial charge in [0.1, 0.15) is 29.5 Å². The van der Waals surface area contributed by atoms with Crippen LogP contribution in [0.2, 0.25) is 0 Å². The highest BCUT2D eigenvalue weighted by molar-refractivity contribution is 6.02. The van der Waals surface area contributed by atoms with Crippen molar-refractivity contribution in [3.8, 4) is 5.75 Å². The van der Waals surface area contributed by atoms with Gasteiger partial charge in [0.05, 0.1) is 0 Å². The third-order valence-electron chi connectivity index (χ3n) is 4.67. The number of aldehydes is 2. The first-order valence-electron chi connectivity index (χ1n) is 10.6. The number of hydrogen-bond donors (Lipinski definition) is 0. The van der Waals surface area contributed by atoms with Crippen molar-refractivity contribution in [2.45, 2.75) is 58.0 Å². The largest absolute Gasteiger partial charge is 0.455 e. The average molecular weight is 471 g/mol. The normalized spacial score (nSPS) is 13.4. The first-order chi connectivity index (χ1) is 15.9. The van der Waals surface area contributed by atoms with Gasteiger partial charge in [0.2, 0.25) is 0 Å². The Bertz CT molecular complexity index is 1030. The van der Waals surface area contributed by atoms with Gasteiger partial charge in [0, 0.05) is 24.7 Å². The highest BCUT2D eigenvalue weighted by Gasteiger charge is 2.56. The number of hydrogen-bond acceptors (Lipinski definition) is 8. The molecule has 0 aliphatic rings. The second kappa shape index (κ2) is 10.6. The molecule has 0 N–H and O–H groups in total. The number of carbonyl (C=O) groups is 4. The molecule has 34 heavy (non-hydrogen) atoms. The van der Waals surface area contributed by atoms with E-state index in [1.165, 1.54) is 24.3 Å². The van der Waals surface area contributed by atoms with E-state index < -0.39 is 28.9 Å². The standard InChI is InChI=1S/C26H30O8/c1-24(2,3)33-22(29)26(31-6,32-21-13-11-18(16-27)12-14-21)23(30)34-25(4,5)15-19-9-7-8-10-20(19)17-28/h7-14,16-17H,15H2,1-6H3. The summed E-state index contributed by atoms with van der Waals surface area (Å²) in [5.74, 6) is -4.72. The SMILES string of the molecule is COC(Oc1ccc(C=O)cc1)(C(=O)OC(C)(C)C)C(=O)OC(C)(C)Cc1ccccc1C=O. The molecule has 2 aromatic rings. The highest BCUT2D eigenvalue weighted by Crippen LogP contribution is 2.28. The van der Waals surface area contributed by atoms with E-state index in [-0.39, 0.29) is 12.2 Å². The van der Waals surface area contributed by atoms with E-state index in [0.29, 0.717) is 23.0 Å². The van der Waals surface area contributed by atoms with E-state index in [1.54, 1.807) is 58.9 Å². The summed E-state index contributed by atoms with van der Waals surface area (Å²) in [5.41, 5.74) is -0.591. The summed E-state index contributed by atoms with van der Waals surface area (Å²) in [6.07, 6.45) is 1.56. The summed E-state index contributed by atoms with van der Waals surface area (Å²) in [4.78, 5) is 48.9. The molecule has 0 radical (unpaired) electrons. The highest BCUT2D eigenvalue weighted by atomic mass is 16.8. The molecule has 0 bridgehead atoms. The van der Waals surface area contributed by atoms with Crippen molar-refractivity contribution in [2.24, 2.45) is 0 Å². The Hall–Kier alpha value is -3.52. The Morgan fingerprint density at radius 3 is 1.94 bits per heavy atom. The van der Waals surface area contributed by atoms with Gasteiger partial charge in [-0.15, -0.1) is 0 Å². The zero-order valence-corrected chi connectivity index (χ0v) is 20.2. The summed E-state index contributed by atoms with van der Waals surface area (Å²) in [6.45, 7) is 8.18. The van der Waals surface area contributed by atoms with Crippen LogP contribution in [0.1, 0.15) is 60.9 Å². The molecule has 2 aromatic carbocycles. The van der Waals surface area contributed by atoms with Crippen molar-refractivity contribution in [1.82, 2.24) is 0 Å². The van der Waals surface area contributed by atoms with E-state index in [2.05, 4.69) is 0 Å². The molecule has 0 spiro atoms. The number of carbonyl (C=O) groups excluding carboxylic acids is 4. The second-order valence-electron chi connectivity index (χ2n) is 9.25. The van der Waals surface area contributed by atoms with Gasteiger partial charge in [-0.1, -0.05) is 24.3 Å². The van der Waals surface area contributed by atoms with Crippen molar-refractivity contribution in [2.75, 3.05) is 7.11 Å². The number of esters is 2. The number of rotatable bonds is 10. The lowest BCUT2D eigenvalue weighted by molar-refractivity contribution is -0.235. The van der Waals surface area contributed by atoms with E-state index >= 15 is 0 Å². The van der Waals surface area contributed by atoms with Crippen LogP contribution in [-0.2, 0) is 30.2 Å². The minimum Gasteiger partial charge on any atom is -0.455 e. The van der Waals surface area contributed by atoms with Gasteiger partial charge in [0.25, 0.3) is 0 Å². The van der Waals surface area contributed by atoms with Gasteiger partial charge in [-0.3, -0.25) is 9.59 Å². The van der Waals surface area contributed by atoms with Crippen molar-refractivity contribution in [3.63, 3.8) is 0 Å². The molecule has 1 atom stereocenters. The van der Waals surface area contributed by atoms with Crippen molar-refractivity contribution < 1.29 is 38.1 Å². The average Bonchev–Trinajstić information content (AvgIpc) is 2.76. The van der Waals surface area contributed by atoms with E-state index in [4.69, 9.17) is 18.9 Å². The molecule has 8 nitrogen and oxygen atoms in total. The summed E-state index contributed by atoms with van der Waals surface area (Å²) < 4.78 is 22.1. The van der Waals surface area contributed by atoms with Gasteiger partial charge >= 0.3 is 17.7 Å². The van der Waals surface area contributed by atoms with Crippen LogP contribution in [0.15, 0.2) is 48.5 Å². The van der Waals surface area contributed by atoms with Crippen LogP contribution in [-0.4, -0.2) is 48.6 Å². The molecule has 0 heterocycles. The molecule has 1 unspecified atom stereocenters. The fraction of sp³-hybridized carbons (Fsp3) is 0.385. The lowest BCUT2D eigenvalue weighted by Crippen LogP contribution is -2.58. The molecule has 0 saturated heterocycles. The topological polar surface area (TPSA) is 105 Å². The molecule has 8 heteroatoms. The van der Waals surface area contributed by atoms with Crippen LogP contribution in [0.4, 0.5) is 0 Å². The van der Waals surface area contributed by atoms with Crippen LogP contribution >= 0.6 is 0 Å². The maximum Gasteiger partial charge on any atom is 0.411 e. The van der Waals surface area contributed by atoms with E-state index in [0.717, 1.165) is 13.4 Å². The molecular weight excluding hydrogens is 440 g/mol. The Balaban J connectivity index is 2.40. The first-order valence-corrected chi connectivity index (χ1v) is 10.6. The van der Waals surface area contributed by atoms with Gasteiger partial charge in [0.15, 0.2) is 0 Å². The lowest BCUT2D eigenvalue weighted by atomic mass is 9.95. The molecule has 0 fully saturated rings. The van der Waals surface area contributed by atoms with Crippen LogP contribution in [0.5, 0.6) is 5.75 Å². The molecular formula is C26H30O8. The monoisotopic (exact) mass is 470 g/mol. The van der Waals surface area contributed by atoms with Gasteiger partial charge in [-0.05, 0) is 64.4 Å². The Labute approximate surface area is 199 Å². The Morgan fingerprint density at radius 1 is 0.824 bits per heavy atom. The quantitative estimate of drug-likeness (QED) is 0.223. The zero-order valence-electron chi connectivity index (χ0n) is 20.2. The van der Waals surface area contributed by atoms with Gasteiger partial charge in [-0.25, -0.2) is 9.59 Å². The summed E-state index contributed by atoms with van der Waals surface area (Å²) in [5, 5.41) is 0. The van der Waals surface area contributed by atoms with Gasteiger partial charge in [-0.2, -0.15) is 0 Å². The fourth-order valence-corrected chi connectivity index (χ4v) is 3.12. The van der Waals surface area contributed by atoms with Crippen molar-refractivity contribution in [3.05, 3.63) is 65.2 Å². The maximum atomic E-state index is 13.4. The fourth-order valence-electron chi connectivity index (χ4n) is 3.12. The van der Waals surface area contributed by atoms with E-state index in [1.807, 2.05) is 0 Å². The molecule has 0 aliphatic carbocycles. The van der Waals surface area contributed by atoms with E-state index in [9.17, 15) is 19.2 Å². The minimum atomic E-state index is -2.57. The number of ether oxygens (including phenoxy) is 4. The third kappa shape index (κ3) is 6.74. The summed E-state index contributed by atoms with van der Waals surface area (Å²) >= 11 is 0. The van der Waals surface area contributed by atoms with Crippen LogP contribution < -0.4 is 4.74 Å². The van der Waals surface area contributed by atoms with Crippen molar-refractivity contribution >= 4 is 24.5 Å². The number of benzene rings is 2. The third-order valence-corrected chi connectivity index (χ3v) is 4.67. The first kappa shape index (κ1) is 26.7. The summed E-state index contributed by atoms with van der Waals surface area (Å²) in [7, 11) is 1.12. The molecule has 0 aliphatic heterocycles. The molecule has 0 amide bonds. The molecule has 0 aromatic heterocycles. The Kier molecular flexibility index (Phi) is 8.34. The maximum absolute atomic E-state index is 13.4. The minimum absolute atomic E-state index is 0.0827. The lowest BCUT2D eigenvalue weighted by Gasteiger charge is -2.34. The Morgan fingerprint density at radius 2 is 1.41 bits per heavy atom. The summed E-state index contributed by atoms with van der Waals surface area (Å²) in [6, 6.07) is 12.7. The predicted molar refractivity (Wildman–Crippen MR) is 124 cm³/mol. The number of methoxy groups -OCH3 is 1. The van der Waals surface area contributed by atoms with Crippen LogP contribution in [0.3, 0.4) is 0 Å². The molecule has 0 saturated carbocycles. The van der Waals surface area contributed by atoms with Crippen LogP contribution in [0, 0.1) is 0 Å². The smallest absolute Gasteiger partial charge is 0.411 e. The molecule has 182 valence electrons. The zero-order chi connectivity index (χ0) is 25.6. The second-order valence-corrected chi connectivity index (χ2v) is 9.25. The molecule has 2 rings (SSSR count). The van der Waals surface area contributed by atoms with Gasteiger partial charge < -0.3 is 18.9 Å². The van der Waals surface area contributed by atoms with Crippen LogP contribution in [0.25, 0.3) is 0 Å². The predicted octanol–water partition coefficient (Wildman–Crippen LogP) is 3.94. The van der Waals surface area contributed by atoms with Crippen molar-refractivity contribution in [1.29, 1.82) is 0 Å².